The first-order chi connectivity index (χ1) is 19.5. The van der Waals surface area contributed by atoms with Crippen LogP contribution in [0.5, 0.6) is 5.75 Å². The molecule has 1 aliphatic rings. The minimum atomic E-state index is -1.45. The fraction of sp³-hybridized carbons (Fsp3) is 0.267. The van der Waals surface area contributed by atoms with E-state index in [-0.39, 0.29) is 31.3 Å². The Kier molecular flexibility index (Phi) is 9.51. The molecule has 9 nitrogen and oxygen atoms in total. The maximum atomic E-state index is 13.9. The van der Waals surface area contributed by atoms with E-state index < -0.39 is 17.6 Å². The first-order valence-electron chi connectivity index (χ1n) is 12.9. The highest BCUT2D eigenvalue weighted by Gasteiger charge is 2.52. The summed E-state index contributed by atoms with van der Waals surface area (Å²) in [5.74, 6) is 0.117. The average molecular weight is 544 g/mol. The Hall–Kier alpha value is -4.66. The molecule has 0 radical (unpaired) electrons. The number of halogens is 1. The van der Waals surface area contributed by atoms with E-state index in [1.54, 1.807) is 66.7 Å². The normalized spacial score (nSPS) is 17.8. The van der Waals surface area contributed by atoms with Gasteiger partial charge < -0.3 is 19.9 Å². The Morgan fingerprint density at radius 2 is 2.02 bits per heavy atom. The van der Waals surface area contributed by atoms with E-state index in [9.17, 15) is 9.18 Å². The quantitative estimate of drug-likeness (QED) is 0.0939. The van der Waals surface area contributed by atoms with Crippen LogP contribution in [-0.4, -0.2) is 42.2 Å². The first kappa shape index (κ1) is 28.4. The molecule has 40 heavy (non-hydrogen) atoms. The van der Waals surface area contributed by atoms with Crippen LogP contribution >= 0.6 is 0 Å². The second kappa shape index (κ2) is 13.4. The standard InChI is InChI=1S/C30H30FN5O4/c1-2-16-30(29(38)33-17-15-21-7-5-8-23(31)20-21)27(25-9-3-4-10-26(25)35-36-32)40-28(34-30)22-11-13-24(14-12-22)39-19-6-18-37/h2-5,7-14,20,27,37H,1,6,15-19H2,(H,33,38)/t27-,30-/m1/s1. The molecule has 0 spiro atoms. The molecule has 0 unspecified atom stereocenters. The molecule has 4 rings (SSSR count). The van der Waals surface area contributed by atoms with E-state index in [1.807, 2.05) is 0 Å². The van der Waals surface area contributed by atoms with E-state index in [4.69, 9.17) is 25.1 Å². The molecule has 10 heteroatoms. The molecular formula is C30H30FN5O4. The summed E-state index contributed by atoms with van der Waals surface area (Å²) in [4.78, 5) is 21.6. The molecule has 0 aromatic heterocycles. The summed E-state index contributed by atoms with van der Waals surface area (Å²) >= 11 is 0. The maximum Gasteiger partial charge on any atom is 0.252 e. The van der Waals surface area contributed by atoms with Crippen molar-refractivity contribution in [2.45, 2.75) is 30.9 Å². The van der Waals surface area contributed by atoms with Gasteiger partial charge in [-0.15, -0.1) is 6.58 Å². The van der Waals surface area contributed by atoms with Gasteiger partial charge in [-0.05, 0) is 53.9 Å². The Morgan fingerprint density at radius 1 is 1.23 bits per heavy atom. The zero-order chi connectivity index (χ0) is 28.4. The molecule has 2 atom stereocenters. The number of nitrogens with zero attached hydrogens (tertiary/aromatic N) is 4. The molecule has 206 valence electrons. The van der Waals surface area contributed by atoms with Gasteiger partial charge in [0.15, 0.2) is 11.6 Å². The number of ether oxygens (including phenoxy) is 2. The number of azide groups is 1. The van der Waals surface area contributed by atoms with Crippen molar-refractivity contribution in [3.05, 3.63) is 118 Å². The molecule has 0 fully saturated rings. The van der Waals surface area contributed by atoms with Crippen LogP contribution in [0.25, 0.3) is 10.4 Å². The Bertz CT molecular complexity index is 1420. The number of aliphatic imine (C=N–C) groups is 1. The van der Waals surface area contributed by atoms with Gasteiger partial charge in [0.1, 0.15) is 11.6 Å². The van der Waals surface area contributed by atoms with E-state index in [0.717, 1.165) is 5.56 Å². The first-order valence-corrected chi connectivity index (χ1v) is 12.9. The summed E-state index contributed by atoms with van der Waals surface area (Å²) in [6.45, 7) is 4.52. The number of amides is 1. The molecule has 3 aromatic rings. The van der Waals surface area contributed by atoms with Crippen LogP contribution in [-0.2, 0) is 16.0 Å². The summed E-state index contributed by atoms with van der Waals surface area (Å²) in [6.07, 6.45) is 1.76. The summed E-state index contributed by atoms with van der Waals surface area (Å²) in [5, 5.41) is 15.7. The van der Waals surface area contributed by atoms with Gasteiger partial charge in [-0.3, -0.25) is 4.79 Å². The lowest BCUT2D eigenvalue weighted by Crippen LogP contribution is -2.48. The van der Waals surface area contributed by atoms with Crippen LogP contribution in [0.3, 0.4) is 0 Å². The summed E-state index contributed by atoms with van der Waals surface area (Å²) in [7, 11) is 0. The lowest BCUT2D eigenvalue weighted by atomic mass is 9.83. The highest BCUT2D eigenvalue weighted by atomic mass is 19.1. The maximum absolute atomic E-state index is 13.9. The lowest BCUT2D eigenvalue weighted by molar-refractivity contribution is -0.128. The third-order valence-corrected chi connectivity index (χ3v) is 6.45. The largest absolute Gasteiger partial charge is 0.494 e. The zero-order valence-corrected chi connectivity index (χ0v) is 21.9. The van der Waals surface area contributed by atoms with E-state index >= 15 is 0 Å². The van der Waals surface area contributed by atoms with Crippen LogP contribution in [0.15, 0.2) is 95.6 Å². The Labute approximate surface area is 231 Å². The van der Waals surface area contributed by atoms with E-state index in [1.165, 1.54) is 12.1 Å². The Balaban J connectivity index is 1.67. The van der Waals surface area contributed by atoms with Gasteiger partial charge in [-0.2, -0.15) is 0 Å². The van der Waals surface area contributed by atoms with E-state index in [0.29, 0.717) is 42.0 Å². The molecule has 3 aromatic carbocycles. The van der Waals surface area contributed by atoms with Crippen molar-refractivity contribution in [3.63, 3.8) is 0 Å². The third-order valence-electron chi connectivity index (χ3n) is 6.45. The predicted molar refractivity (Wildman–Crippen MR) is 150 cm³/mol. The molecule has 0 bridgehead atoms. The fourth-order valence-electron chi connectivity index (χ4n) is 4.53. The number of hydrogen-bond acceptors (Lipinski definition) is 6. The van der Waals surface area contributed by atoms with Crippen molar-refractivity contribution in [2.24, 2.45) is 10.1 Å². The molecule has 0 saturated heterocycles. The van der Waals surface area contributed by atoms with Crippen LogP contribution in [0.1, 0.15) is 35.6 Å². The topological polar surface area (TPSA) is 129 Å². The summed E-state index contributed by atoms with van der Waals surface area (Å²) in [5.41, 5.74) is 9.90. The highest BCUT2D eigenvalue weighted by molar-refractivity contribution is 6.01. The van der Waals surface area contributed by atoms with E-state index in [2.05, 4.69) is 21.9 Å². The minimum absolute atomic E-state index is 0.0388. The number of nitrogens with one attached hydrogen (secondary N) is 1. The van der Waals surface area contributed by atoms with Crippen molar-refractivity contribution < 1.29 is 23.8 Å². The number of benzene rings is 3. The van der Waals surface area contributed by atoms with Crippen LogP contribution in [0, 0.1) is 5.82 Å². The summed E-state index contributed by atoms with van der Waals surface area (Å²) in [6, 6.07) is 20.2. The number of carbonyl (C=O) groups is 1. The predicted octanol–water partition coefficient (Wildman–Crippen LogP) is 5.72. The monoisotopic (exact) mass is 543 g/mol. The van der Waals surface area contributed by atoms with Gasteiger partial charge in [0.2, 0.25) is 5.90 Å². The van der Waals surface area contributed by atoms with Crippen molar-refractivity contribution in [2.75, 3.05) is 19.8 Å². The third kappa shape index (κ3) is 6.48. The summed E-state index contributed by atoms with van der Waals surface area (Å²) < 4.78 is 25.6. The van der Waals surface area contributed by atoms with Gasteiger partial charge >= 0.3 is 0 Å². The smallest absolute Gasteiger partial charge is 0.252 e. The average Bonchev–Trinajstić information content (AvgIpc) is 3.34. The molecule has 2 N–H and O–H groups in total. The second-order valence-electron chi connectivity index (χ2n) is 9.17. The fourth-order valence-corrected chi connectivity index (χ4v) is 4.53. The zero-order valence-electron chi connectivity index (χ0n) is 21.9. The number of hydrogen-bond donors (Lipinski definition) is 2. The van der Waals surface area contributed by atoms with Crippen LogP contribution in [0.2, 0.25) is 0 Å². The van der Waals surface area contributed by atoms with Gasteiger partial charge in [-0.1, -0.05) is 47.6 Å². The van der Waals surface area contributed by atoms with Crippen LogP contribution in [0.4, 0.5) is 10.1 Å². The van der Waals surface area contributed by atoms with Crippen molar-refractivity contribution >= 4 is 17.5 Å². The Morgan fingerprint density at radius 3 is 2.75 bits per heavy atom. The number of aliphatic hydroxyl groups excluding tert-OH is 1. The molecule has 1 heterocycles. The molecule has 0 aliphatic carbocycles. The molecule has 1 aliphatic heterocycles. The van der Waals surface area contributed by atoms with Crippen molar-refractivity contribution in [1.29, 1.82) is 0 Å². The van der Waals surface area contributed by atoms with Gasteiger partial charge in [-0.25, -0.2) is 9.38 Å². The van der Waals surface area contributed by atoms with Crippen molar-refractivity contribution in [3.8, 4) is 5.75 Å². The minimum Gasteiger partial charge on any atom is -0.494 e. The molecule has 1 amide bonds. The number of aliphatic hydroxyl groups is 1. The van der Waals surface area contributed by atoms with Crippen LogP contribution < -0.4 is 10.1 Å². The van der Waals surface area contributed by atoms with Crippen molar-refractivity contribution in [1.82, 2.24) is 5.32 Å². The van der Waals surface area contributed by atoms with Gasteiger partial charge in [0, 0.05) is 47.7 Å². The number of rotatable bonds is 13. The molecular weight excluding hydrogens is 513 g/mol. The molecule has 0 saturated carbocycles. The SMILES string of the molecule is C=CC[C@@]1(C(=O)NCCc2cccc(F)c2)N=C(c2ccc(OCCCO)cc2)O[C@@H]1c1ccccc1N=[N+]=[N-]. The lowest BCUT2D eigenvalue weighted by Gasteiger charge is -2.30. The van der Waals surface area contributed by atoms with Gasteiger partial charge in [0.05, 0.1) is 6.61 Å². The second-order valence-corrected chi connectivity index (χ2v) is 9.17. The number of carbonyl (C=O) groups excluding carboxylic acids is 1. The van der Waals surface area contributed by atoms with Gasteiger partial charge in [0.25, 0.3) is 5.91 Å². The highest BCUT2D eigenvalue weighted by Crippen LogP contribution is 2.45.